The lowest BCUT2D eigenvalue weighted by atomic mass is 10.0. The summed E-state index contributed by atoms with van der Waals surface area (Å²) in [5.74, 6) is -0.160. The van der Waals surface area contributed by atoms with Gasteiger partial charge in [0.1, 0.15) is 11.8 Å². The van der Waals surface area contributed by atoms with E-state index in [2.05, 4.69) is 6.07 Å². The summed E-state index contributed by atoms with van der Waals surface area (Å²) in [6.07, 6.45) is 0. The molecule has 1 rings (SSSR count). The molecule has 5 nitrogen and oxygen atoms in total. The average molecular weight is 266 g/mol. The number of rotatable bonds is 6. The monoisotopic (exact) mass is 266 g/mol. The van der Waals surface area contributed by atoms with Crippen molar-refractivity contribution in [3.05, 3.63) is 28.8 Å². The van der Waals surface area contributed by atoms with Crippen LogP contribution in [0.5, 0.6) is 5.75 Å². The maximum atomic E-state index is 10.7. The van der Waals surface area contributed by atoms with Crippen LogP contribution in [0.25, 0.3) is 0 Å². The van der Waals surface area contributed by atoms with Gasteiger partial charge in [-0.05, 0) is 38.1 Å². The second-order valence-electron chi connectivity index (χ2n) is 4.90. The first-order valence-electron chi connectivity index (χ1n) is 6.16. The number of benzene rings is 1. The summed E-state index contributed by atoms with van der Waals surface area (Å²) in [6, 6.07) is 3.19. The summed E-state index contributed by atoms with van der Waals surface area (Å²) in [5, 5.41) is 8.81. The molecule has 0 heterocycles. The maximum absolute atomic E-state index is 10.7. The Morgan fingerprint density at radius 2 is 2.11 bits per heavy atom. The molecule has 106 valence electrons. The number of hydrogen-bond acceptors (Lipinski definition) is 4. The minimum absolute atomic E-state index is 0.297. The van der Waals surface area contributed by atoms with Crippen molar-refractivity contribution < 1.29 is 14.6 Å². The fourth-order valence-corrected chi connectivity index (χ4v) is 2.09. The molecule has 1 atom stereocenters. The average Bonchev–Trinajstić information content (AvgIpc) is 2.31. The van der Waals surface area contributed by atoms with Gasteiger partial charge in [0.25, 0.3) is 0 Å². The highest BCUT2D eigenvalue weighted by atomic mass is 16.5. The summed E-state index contributed by atoms with van der Waals surface area (Å²) in [6.45, 7) is 4.95. The van der Waals surface area contributed by atoms with Crippen molar-refractivity contribution in [2.75, 3.05) is 20.7 Å². The maximum Gasteiger partial charge on any atom is 0.321 e. The normalized spacial score (nSPS) is 12.5. The third-order valence-corrected chi connectivity index (χ3v) is 3.05. The van der Waals surface area contributed by atoms with E-state index in [-0.39, 0.29) is 0 Å². The van der Waals surface area contributed by atoms with E-state index in [0.717, 1.165) is 22.4 Å². The molecular weight excluding hydrogens is 244 g/mol. The molecule has 0 radical (unpaired) electrons. The number of carbonyl (C=O) groups is 1. The van der Waals surface area contributed by atoms with E-state index in [9.17, 15) is 4.79 Å². The van der Waals surface area contributed by atoms with Crippen molar-refractivity contribution in [3.8, 4) is 5.75 Å². The Hall–Kier alpha value is -1.59. The number of hydrogen-bond donors (Lipinski definition) is 2. The van der Waals surface area contributed by atoms with Gasteiger partial charge in [-0.2, -0.15) is 0 Å². The molecule has 0 fully saturated rings. The Morgan fingerprint density at radius 3 is 2.63 bits per heavy atom. The Labute approximate surface area is 114 Å². The predicted molar refractivity (Wildman–Crippen MR) is 74.4 cm³/mol. The Balaban J connectivity index is 2.84. The topological polar surface area (TPSA) is 75.8 Å². The molecule has 0 aliphatic carbocycles. The second kappa shape index (κ2) is 6.54. The highest BCUT2D eigenvalue weighted by Crippen LogP contribution is 2.25. The minimum Gasteiger partial charge on any atom is -0.496 e. The molecule has 1 aromatic carbocycles. The van der Waals surface area contributed by atoms with Gasteiger partial charge in [0.15, 0.2) is 0 Å². The summed E-state index contributed by atoms with van der Waals surface area (Å²) in [7, 11) is 3.49. The zero-order valence-electron chi connectivity index (χ0n) is 11.9. The zero-order chi connectivity index (χ0) is 14.6. The summed E-state index contributed by atoms with van der Waals surface area (Å²) in [5.41, 5.74) is 8.87. The van der Waals surface area contributed by atoms with Gasteiger partial charge >= 0.3 is 5.97 Å². The molecule has 0 saturated heterocycles. The van der Waals surface area contributed by atoms with Gasteiger partial charge < -0.3 is 15.6 Å². The quantitative estimate of drug-likeness (QED) is 0.808. The zero-order valence-corrected chi connectivity index (χ0v) is 11.9. The molecule has 0 spiro atoms. The Kier molecular flexibility index (Phi) is 5.32. The largest absolute Gasteiger partial charge is 0.496 e. The van der Waals surface area contributed by atoms with E-state index < -0.39 is 12.0 Å². The van der Waals surface area contributed by atoms with E-state index in [1.807, 2.05) is 31.9 Å². The van der Waals surface area contributed by atoms with Crippen LogP contribution in [0, 0.1) is 13.8 Å². The van der Waals surface area contributed by atoms with Crippen LogP contribution < -0.4 is 10.5 Å². The highest BCUT2D eigenvalue weighted by molar-refractivity contribution is 5.73. The van der Waals surface area contributed by atoms with Gasteiger partial charge in [-0.15, -0.1) is 0 Å². The Bertz CT molecular complexity index is 460. The number of methoxy groups -OCH3 is 1. The van der Waals surface area contributed by atoms with E-state index in [0.29, 0.717) is 13.1 Å². The number of ether oxygens (including phenoxy) is 1. The van der Waals surface area contributed by atoms with Crippen LogP contribution in [0.3, 0.4) is 0 Å². The lowest BCUT2D eigenvalue weighted by Gasteiger charge is -2.22. The molecular formula is C14H22N2O3. The van der Waals surface area contributed by atoms with Gasteiger partial charge in [0.05, 0.1) is 7.11 Å². The smallest absolute Gasteiger partial charge is 0.321 e. The first-order chi connectivity index (χ1) is 8.85. The van der Waals surface area contributed by atoms with Crippen LogP contribution in [0.15, 0.2) is 12.1 Å². The Morgan fingerprint density at radius 1 is 1.47 bits per heavy atom. The van der Waals surface area contributed by atoms with Crippen LogP contribution in [0.2, 0.25) is 0 Å². The molecule has 0 saturated carbocycles. The molecule has 5 heteroatoms. The van der Waals surface area contributed by atoms with Gasteiger partial charge in [0.2, 0.25) is 0 Å². The van der Waals surface area contributed by atoms with Crippen LogP contribution in [-0.4, -0.2) is 42.7 Å². The van der Waals surface area contributed by atoms with Crippen molar-refractivity contribution in [3.63, 3.8) is 0 Å². The van der Waals surface area contributed by atoms with Crippen molar-refractivity contribution in [2.24, 2.45) is 5.73 Å². The summed E-state index contributed by atoms with van der Waals surface area (Å²) in [4.78, 5) is 12.6. The SMILES string of the molecule is COc1cc(C)cc(C)c1CN(C)CC(N)C(=O)O. The van der Waals surface area contributed by atoms with Crippen LogP contribution in [0.1, 0.15) is 16.7 Å². The van der Waals surface area contributed by atoms with Crippen LogP contribution in [0.4, 0.5) is 0 Å². The van der Waals surface area contributed by atoms with Crippen molar-refractivity contribution in [1.82, 2.24) is 4.90 Å². The molecule has 3 N–H and O–H groups in total. The number of nitrogens with zero attached hydrogens (tertiary/aromatic N) is 1. The summed E-state index contributed by atoms with van der Waals surface area (Å²) < 4.78 is 5.39. The fourth-order valence-electron chi connectivity index (χ4n) is 2.09. The fraction of sp³-hybridized carbons (Fsp3) is 0.500. The van der Waals surface area contributed by atoms with Gasteiger partial charge in [0, 0.05) is 18.7 Å². The number of carboxylic acid groups (broad SMARTS) is 1. The number of aryl methyl sites for hydroxylation is 2. The van der Waals surface area contributed by atoms with Crippen LogP contribution in [-0.2, 0) is 11.3 Å². The van der Waals surface area contributed by atoms with E-state index >= 15 is 0 Å². The standard InChI is InChI=1S/C14H22N2O3/c1-9-5-10(2)11(13(6-9)19-4)7-16(3)8-12(15)14(17)18/h5-6,12H,7-8,15H2,1-4H3,(H,17,18). The van der Waals surface area contributed by atoms with Gasteiger partial charge in [-0.1, -0.05) is 6.07 Å². The number of carboxylic acids is 1. The lowest BCUT2D eigenvalue weighted by molar-refractivity contribution is -0.138. The van der Waals surface area contributed by atoms with Gasteiger partial charge in [-0.25, -0.2) is 0 Å². The van der Waals surface area contributed by atoms with Crippen LogP contribution >= 0.6 is 0 Å². The summed E-state index contributed by atoms with van der Waals surface area (Å²) >= 11 is 0. The van der Waals surface area contributed by atoms with Crippen molar-refractivity contribution in [2.45, 2.75) is 26.4 Å². The van der Waals surface area contributed by atoms with E-state index in [4.69, 9.17) is 15.6 Å². The number of nitrogens with two attached hydrogens (primary N) is 1. The molecule has 1 unspecified atom stereocenters. The predicted octanol–water partition coefficient (Wildman–Crippen LogP) is 1.16. The lowest BCUT2D eigenvalue weighted by Crippen LogP contribution is -2.41. The minimum atomic E-state index is -0.987. The molecule has 19 heavy (non-hydrogen) atoms. The number of aliphatic carboxylic acids is 1. The number of likely N-dealkylation sites (N-methyl/N-ethyl adjacent to an activating group) is 1. The van der Waals surface area contributed by atoms with Gasteiger partial charge in [-0.3, -0.25) is 9.69 Å². The van der Waals surface area contributed by atoms with Crippen molar-refractivity contribution >= 4 is 5.97 Å². The second-order valence-corrected chi connectivity index (χ2v) is 4.90. The molecule has 0 amide bonds. The first-order valence-corrected chi connectivity index (χ1v) is 6.16. The van der Waals surface area contributed by atoms with Crippen molar-refractivity contribution in [1.29, 1.82) is 0 Å². The third kappa shape index (κ3) is 4.22. The molecule has 1 aromatic rings. The highest BCUT2D eigenvalue weighted by Gasteiger charge is 2.16. The molecule has 0 aromatic heterocycles. The first kappa shape index (κ1) is 15.5. The molecule has 0 aliphatic rings. The molecule has 0 aliphatic heterocycles. The van der Waals surface area contributed by atoms with E-state index in [1.54, 1.807) is 7.11 Å². The van der Waals surface area contributed by atoms with E-state index in [1.165, 1.54) is 0 Å². The molecule has 0 bridgehead atoms. The third-order valence-electron chi connectivity index (χ3n) is 3.05.